The van der Waals surface area contributed by atoms with Gasteiger partial charge in [-0.25, -0.2) is 0 Å². The highest BCUT2D eigenvalue weighted by Gasteiger charge is 1.97. The fraction of sp³-hybridized carbons (Fsp3) is 0.375. The molecule has 0 spiro atoms. The van der Waals surface area contributed by atoms with Crippen molar-refractivity contribution in [1.29, 1.82) is 0 Å². The van der Waals surface area contributed by atoms with Crippen LogP contribution in [0.25, 0.3) is 0 Å². The maximum atomic E-state index is 10.1. The molecule has 3 nitrogen and oxygen atoms in total. The summed E-state index contributed by atoms with van der Waals surface area (Å²) in [6.45, 7) is 1.28. The summed E-state index contributed by atoms with van der Waals surface area (Å²) in [5.74, 6) is 0. The van der Waals surface area contributed by atoms with Gasteiger partial charge in [0.15, 0.2) is 0 Å². The molecule has 0 radical (unpaired) electrons. The van der Waals surface area contributed by atoms with Crippen LogP contribution in [0, 0.1) is 0 Å². The normalized spacial score (nSPS) is 10.4. The summed E-state index contributed by atoms with van der Waals surface area (Å²) >= 11 is 0. The topological polar surface area (TPSA) is 36.1 Å². The summed E-state index contributed by atoms with van der Waals surface area (Å²) in [4.78, 5) is 15.1. The molecule has 0 saturated carbocycles. The molecule has 1 aromatic rings. The zero-order chi connectivity index (χ0) is 8.10. The number of carbonyl (C=O) groups is 1. The van der Waals surface area contributed by atoms with E-state index in [0.717, 1.165) is 18.5 Å². The van der Waals surface area contributed by atoms with Gasteiger partial charge in [-0.05, 0) is 19.2 Å². The van der Waals surface area contributed by atoms with Gasteiger partial charge in [-0.1, -0.05) is 0 Å². The van der Waals surface area contributed by atoms with Gasteiger partial charge in [0, 0.05) is 18.4 Å². The van der Waals surface area contributed by atoms with Crippen molar-refractivity contribution in [1.82, 2.24) is 9.88 Å². The molecule has 0 amide bonds. The Morgan fingerprint density at radius 2 is 2.55 bits per heavy atom. The van der Waals surface area contributed by atoms with Crippen LogP contribution in [0.4, 0.5) is 0 Å². The molecule has 0 bridgehead atoms. The molecule has 0 fully saturated rings. The Hall–Kier alpha value is -1.09. The number of likely N-dealkylation sites (N-methyl/N-ethyl adjacent to an activating group) is 1. The molecule has 3 heteroatoms. The van der Waals surface area contributed by atoms with Gasteiger partial charge in [0.25, 0.3) is 0 Å². The molecule has 60 valence electrons. The van der Waals surface area contributed by atoms with Crippen molar-refractivity contribution < 1.29 is 4.79 Å². The summed E-state index contributed by atoms with van der Waals surface area (Å²) in [5.41, 5.74) is 1.13. The standard InChI is InChI=1S/C8H12N2O/c1-10(5-6-11)7-8-3-2-4-9-8/h2-4,6,9H,5,7H2,1H3. The number of rotatable bonds is 4. The number of nitrogens with zero attached hydrogens (tertiary/aromatic N) is 1. The monoisotopic (exact) mass is 152 g/mol. The lowest BCUT2D eigenvalue weighted by Gasteiger charge is -2.10. The average molecular weight is 152 g/mol. The second-order valence-electron chi connectivity index (χ2n) is 2.56. The smallest absolute Gasteiger partial charge is 0.133 e. The van der Waals surface area contributed by atoms with Gasteiger partial charge in [-0.3, -0.25) is 4.90 Å². The summed E-state index contributed by atoms with van der Waals surface area (Å²) in [6, 6.07) is 3.95. The maximum Gasteiger partial charge on any atom is 0.133 e. The minimum Gasteiger partial charge on any atom is -0.364 e. The van der Waals surface area contributed by atoms with Gasteiger partial charge in [0.1, 0.15) is 6.29 Å². The van der Waals surface area contributed by atoms with Crippen molar-refractivity contribution in [3.8, 4) is 0 Å². The zero-order valence-electron chi connectivity index (χ0n) is 6.58. The van der Waals surface area contributed by atoms with Gasteiger partial charge in [-0.2, -0.15) is 0 Å². The molecule has 1 rings (SSSR count). The van der Waals surface area contributed by atoms with Crippen LogP contribution in [0.5, 0.6) is 0 Å². The lowest BCUT2D eigenvalue weighted by atomic mass is 10.4. The SMILES string of the molecule is CN(CC=O)Cc1ccc[nH]1. The first-order valence-corrected chi connectivity index (χ1v) is 3.57. The summed E-state index contributed by atoms with van der Waals surface area (Å²) in [5, 5.41) is 0. The third kappa shape index (κ3) is 2.55. The quantitative estimate of drug-likeness (QED) is 0.643. The van der Waals surface area contributed by atoms with E-state index in [0.29, 0.717) is 6.54 Å². The molecule has 0 saturated heterocycles. The molecule has 0 unspecified atom stereocenters. The van der Waals surface area contributed by atoms with Crippen molar-refractivity contribution in [2.45, 2.75) is 6.54 Å². The molecular formula is C8H12N2O. The van der Waals surface area contributed by atoms with Crippen LogP contribution in [-0.2, 0) is 11.3 Å². The van der Waals surface area contributed by atoms with Crippen LogP contribution < -0.4 is 0 Å². The first kappa shape index (κ1) is 8.01. The number of H-pyrrole nitrogens is 1. The van der Waals surface area contributed by atoms with Crippen LogP contribution in [-0.4, -0.2) is 29.8 Å². The number of aldehydes is 1. The molecular weight excluding hydrogens is 140 g/mol. The molecule has 1 aromatic heterocycles. The van der Waals surface area contributed by atoms with E-state index in [9.17, 15) is 4.79 Å². The maximum absolute atomic E-state index is 10.1. The molecule has 0 aliphatic rings. The summed E-state index contributed by atoms with van der Waals surface area (Å²) in [6.07, 6.45) is 2.78. The first-order valence-electron chi connectivity index (χ1n) is 3.57. The highest BCUT2D eigenvalue weighted by atomic mass is 16.1. The lowest BCUT2D eigenvalue weighted by Crippen LogP contribution is -2.19. The van der Waals surface area contributed by atoms with Crippen LogP contribution in [0.2, 0.25) is 0 Å². The first-order chi connectivity index (χ1) is 5.33. The van der Waals surface area contributed by atoms with E-state index in [1.54, 1.807) is 0 Å². The molecule has 1 heterocycles. The lowest BCUT2D eigenvalue weighted by molar-refractivity contribution is -0.108. The van der Waals surface area contributed by atoms with Gasteiger partial charge >= 0.3 is 0 Å². The third-order valence-electron chi connectivity index (χ3n) is 1.49. The second kappa shape index (κ2) is 3.93. The van der Waals surface area contributed by atoms with E-state index >= 15 is 0 Å². The largest absolute Gasteiger partial charge is 0.364 e. The number of aromatic nitrogens is 1. The van der Waals surface area contributed by atoms with E-state index < -0.39 is 0 Å². The number of hydrogen-bond donors (Lipinski definition) is 1. The van der Waals surface area contributed by atoms with E-state index in [2.05, 4.69) is 4.98 Å². The van der Waals surface area contributed by atoms with Crippen LogP contribution in [0.1, 0.15) is 5.69 Å². The van der Waals surface area contributed by atoms with E-state index in [1.807, 2.05) is 30.3 Å². The van der Waals surface area contributed by atoms with E-state index in [4.69, 9.17) is 0 Å². The molecule has 0 aliphatic heterocycles. The van der Waals surface area contributed by atoms with E-state index in [1.165, 1.54) is 0 Å². The predicted molar refractivity (Wildman–Crippen MR) is 43.2 cm³/mol. The predicted octanol–water partition coefficient (Wildman–Crippen LogP) is 0.645. The second-order valence-corrected chi connectivity index (χ2v) is 2.56. The Kier molecular flexibility index (Phi) is 2.86. The fourth-order valence-electron chi connectivity index (χ4n) is 0.948. The van der Waals surface area contributed by atoms with Crippen LogP contribution >= 0.6 is 0 Å². The van der Waals surface area contributed by atoms with E-state index in [-0.39, 0.29) is 0 Å². The fourth-order valence-corrected chi connectivity index (χ4v) is 0.948. The van der Waals surface area contributed by atoms with Crippen molar-refractivity contribution in [2.24, 2.45) is 0 Å². The molecule has 1 N–H and O–H groups in total. The van der Waals surface area contributed by atoms with Crippen molar-refractivity contribution >= 4 is 6.29 Å². The number of aromatic amines is 1. The van der Waals surface area contributed by atoms with Crippen molar-refractivity contribution in [3.05, 3.63) is 24.0 Å². The molecule has 11 heavy (non-hydrogen) atoms. The van der Waals surface area contributed by atoms with Crippen molar-refractivity contribution in [2.75, 3.05) is 13.6 Å². The number of nitrogens with one attached hydrogen (secondary N) is 1. The molecule has 0 aromatic carbocycles. The van der Waals surface area contributed by atoms with Gasteiger partial charge in [0.05, 0.1) is 6.54 Å². The Labute approximate surface area is 66.0 Å². The van der Waals surface area contributed by atoms with Gasteiger partial charge in [0.2, 0.25) is 0 Å². The zero-order valence-corrected chi connectivity index (χ0v) is 6.58. The highest BCUT2D eigenvalue weighted by Crippen LogP contribution is 1.97. The average Bonchev–Trinajstić information content (AvgIpc) is 2.40. The minimum atomic E-state index is 0.485. The van der Waals surface area contributed by atoms with Crippen LogP contribution in [0.3, 0.4) is 0 Å². The number of hydrogen-bond acceptors (Lipinski definition) is 2. The highest BCUT2D eigenvalue weighted by molar-refractivity contribution is 5.51. The van der Waals surface area contributed by atoms with Crippen LogP contribution in [0.15, 0.2) is 18.3 Å². The molecule has 0 atom stereocenters. The third-order valence-corrected chi connectivity index (χ3v) is 1.49. The Balaban J connectivity index is 2.37. The Morgan fingerprint density at radius 1 is 1.73 bits per heavy atom. The summed E-state index contributed by atoms with van der Waals surface area (Å²) in [7, 11) is 1.91. The van der Waals surface area contributed by atoms with Crippen molar-refractivity contribution in [3.63, 3.8) is 0 Å². The van der Waals surface area contributed by atoms with Gasteiger partial charge < -0.3 is 9.78 Å². The number of carbonyl (C=O) groups excluding carboxylic acids is 1. The summed E-state index contributed by atoms with van der Waals surface area (Å²) < 4.78 is 0. The molecule has 0 aliphatic carbocycles. The Bertz CT molecular complexity index is 206. The minimum absolute atomic E-state index is 0.485. The Morgan fingerprint density at radius 3 is 3.09 bits per heavy atom. The van der Waals surface area contributed by atoms with Gasteiger partial charge in [-0.15, -0.1) is 0 Å².